The van der Waals surface area contributed by atoms with Crippen molar-refractivity contribution in [3.8, 4) is 0 Å². The minimum absolute atomic E-state index is 0.104. The Bertz CT molecular complexity index is 1320. The highest BCUT2D eigenvalue weighted by Crippen LogP contribution is 2.27. The second-order valence-corrected chi connectivity index (χ2v) is 10.8. The second kappa shape index (κ2) is 16.7. The normalized spacial score (nSPS) is 15.3. The fraction of sp³-hybridized carbons (Fsp3) is 0.467. The van der Waals surface area contributed by atoms with Gasteiger partial charge >= 0.3 is 0 Å². The van der Waals surface area contributed by atoms with Crippen molar-refractivity contribution in [1.82, 2.24) is 20.9 Å². The lowest BCUT2D eigenvalue weighted by Crippen LogP contribution is -2.57. The molecule has 1 fully saturated rings. The van der Waals surface area contributed by atoms with Crippen molar-refractivity contribution < 1.29 is 19.2 Å². The minimum atomic E-state index is -1.08. The lowest BCUT2D eigenvalue weighted by Gasteiger charge is -2.28. The number of nitrogens with one attached hydrogen (secondary N) is 4. The molecule has 1 aromatic carbocycles. The highest BCUT2D eigenvalue weighted by atomic mass is 16.2. The lowest BCUT2D eigenvalue weighted by molar-refractivity contribution is -0.132. The summed E-state index contributed by atoms with van der Waals surface area (Å²) in [6.07, 6.45) is 7.40. The average Bonchev–Trinajstić information content (AvgIpc) is 2.98. The van der Waals surface area contributed by atoms with Crippen molar-refractivity contribution in [3.63, 3.8) is 0 Å². The van der Waals surface area contributed by atoms with Gasteiger partial charge in [-0.25, -0.2) is 0 Å². The molecule has 1 saturated carbocycles. The van der Waals surface area contributed by atoms with Crippen LogP contribution in [0.5, 0.6) is 0 Å². The maximum atomic E-state index is 13.7. The molecule has 3 rings (SSSR count). The van der Waals surface area contributed by atoms with Crippen molar-refractivity contribution in [1.29, 1.82) is 0 Å². The summed E-state index contributed by atoms with van der Waals surface area (Å²) in [5, 5.41) is 8.14. The highest BCUT2D eigenvalue weighted by molar-refractivity contribution is 5.98. The summed E-state index contributed by atoms with van der Waals surface area (Å²) < 4.78 is 0. The van der Waals surface area contributed by atoms with Crippen LogP contribution < -0.4 is 38.7 Å². The number of H-pyrrole nitrogens is 1. The molecule has 0 unspecified atom stereocenters. The Morgan fingerprint density at radius 1 is 0.860 bits per heavy atom. The van der Waals surface area contributed by atoms with E-state index in [9.17, 15) is 24.0 Å². The molecule has 2 aromatic rings. The molecule has 13 heteroatoms. The zero-order valence-electron chi connectivity index (χ0n) is 24.2. The van der Waals surface area contributed by atoms with Gasteiger partial charge in [-0.1, -0.05) is 62.4 Å². The molecule has 1 heterocycles. The number of amides is 4. The van der Waals surface area contributed by atoms with E-state index in [1.54, 1.807) is 0 Å². The van der Waals surface area contributed by atoms with Crippen LogP contribution in [-0.2, 0) is 20.8 Å². The van der Waals surface area contributed by atoms with Crippen molar-refractivity contribution in [3.05, 3.63) is 70.1 Å². The first-order chi connectivity index (χ1) is 20.6. The third kappa shape index (κ3) is 10.9. The zero-order valence-corrected chi connectivity index (χ0v) is 24.2. The van der Waals surface area contributed by atoms with Crippen LogP contribution in [0.2, 0.25) is 0 Å². The molecule has 13 nitrogen and oxygen atoms in total. The number of carbonyl (C=O) groups is 4. The average molecular weight is 595 g/mol. The van der Waals surface area contributed by atoms with Gasteiger partial charge in [-0.05, 0) is 42.9 Å². The van der Waals surface area contributed by atoms with E-state index in [0.717, 1.165) is 37.7 Å². The number of nitrogens with zero attached hydrogens (tertiary/aromatic N) is 1. The Hall–Kier alpha value is -4.68. The largest absolute Gasteiger partial charge is 0.370 e. The molecule has 232 valence electrons. The number of primary amides is 1. The Balaban J connectivity index is 1.79. The predicted molar refractivity (Wildman–Crippen MR) is 163 cm³/mol. The SMILES string of the molecule is NC(=O)[C@H](Cc1ccccc1)NC(=O)[C@H](CCCN=C(N)N)NC(=O)[C@H](CC1CCCCC1)NC(=O)c1ccc[nH]c1=O. The van der Waals surface area contributed by atoms with E-state index in [0.29, 0.717) is 12.8 Å². The number of benzene rings is 1. The first kappa shape index (κ1) is 32.8. The van der Waals surface area contributed by atoms with E-state index in [-0.39, 0.29) is 36.8 Å². The molecular formula is C30H42N8O5. The topological polar surface area (TPSA) is 228 Å². The Morgan fingerprint density at radius 3 is 2.19 bits per heavy atom. The van der Waals surface area contributed by atoms with Crippen LogP contribution in [0, 0.1) is 5.92 Å². The van der Waals surface area contributed by atoms with Crippen molar-refractivity contribution in [2.75, 3.05) is 6.54 Å². The summed E-state index contributed by atoms with van der Waals surface area (Å²) in [7, 11) is 0. The van der Waals surface area contributed by atoms with E-state index in [2.05, 4.69) is 25.9 Å². The van der Waals surface area contributed by atoms with Crippen LogP contribution in [0.1, 0.15) is 67.3 Å². The second-order valence-electron chi connectivity index (χ2n) is 10.8. The van der Waals surface area contributed by atoms with Gasteiger partial charge in [-0.2, -0.15) is 0 Å². The maximum Gasteiger partial charge on any atom is 0.260 e. The van der Waals surface area contributed by atoms with Crippen molar-refractivity contribution in [2.24, 2.45) is 28.1 Å². The van der Waals surface area contributed by atoms with E-state index >= 15 is 0 Å². The van der Waals surface area contributed by atoms with E-state index in [1.807, 2.05) is 30.3 Å². The van der Waals surface area contributed by atoms with Crippen LogP contribution in [0.25, 0.3) is 0 Å². The summed E-state index contributed by atoms with van der Waals surface area (Å²) in [5.41, 5.74) is 16.5. The summed E-state index contributed by atoms with van der Waals surface area (Å²) in [6, 6.07) is 8.88. The molecule has 1 aliphatic carbocycles. The standard InChI is InChI=1S/C30H42N8O5/c31-25(39)23(17-19-9-3-1-4-10-19)37-28(42)22(14-8-16-35-30(32)33)36-29(43)24(18-20-11-5-2-6-12-20)38-27(41)21-13-7-15-34-26(21)40/h1,3-4,7,9-10,13,15,20,22-24H,2,5-6,8,11-12,14,16-18H2,(H2,31,39)(H,34,40)(H,36,43)(H,37,42)(H,38,41)(H4,32,33,35)/t22-,23-,24-/m0/s1. The first-order valence-corrected chi connectivity index (χ1v) is 14.6. The third-order valence-electron chi connectivity index (χ3n) is 7.50. The smallest absolute Gasteiger partial charge is 0.260 e. The maximum absolute atomic E-state index is 13.7. The number of guanidine groups is 1. The molecule has 0 bridgehead atoms. The molecule has 0 saturated heterocycles. The molecule has 1 aliphatic rings. The van der Waals surface area contributed by atoms with Crippen molar-refractivity contribution >= 4 is 29.6 Å². The predicted octanol–water partition coefficient (Wildman–Crippen LogP) is 0.195. The van der Waals surface area contributed by atoms with Gasteiger partial charge in [-0.15, -0.1) is 0 Å². The number of aromatic amines is 1. The summed E-state index contributed by atoms with van der Waals surface area (Å²) in [6.45, 7) is 0.213. The number of pyridine rings is 1. The quantitative estimate of drug-likeness (QED) is 0.0859. The first-order valence-electron chi connectivity index (χ1n) is 14.6. The van der Waals surface area contributed by atoms with Crippen LogP contribution in [-0.4, -0.2) is 59.2 Å². The molecular weight excluding hydrogens is 552 g/mol. The van der Waals surface area contributed by atoms with E-state index in [1.165, 1.54) is 18.3 Å². The minimum Gasteiger partial charge on any atom is -0.370 e. The number of hydrogen-bond donors (Lipinski definition) is 7. The number of carbonyl (C=O) groups excluding carboxylic acids is 4. The summed E-state index contributed by atoms with van der Waals surface area (Å²) in [4.78, 5) is 71.0. The number of aliphatic imine (C=N–C) groups is 1. The Kier molecular flexibility index (Phi) is 12.7. The van der Waals surface area contributed by atoms with E-state index < -0.39 is 47.3 Å². The molecule has 0 radical (unpaired) electrons. The fourth-order valence-electron chi connectivity index (χ4n) is 5.21. The highest BCUT2D eigenvalue weighted by Gasteiger charge is 2.31. The molecule has 0 spiro atoms. The van der Waals surface area contributed by atoms with Gasteiger partial charge < -0.3 is 38.1 Å². The van der Waals surface area contributed by atoms with Crippen LogP contribution in [0.4, 0.5) is 0 Å². The van der Waals surface area contributed by atoms with Crippen molar-refractivity contribution in [2.45, 2.75) is 75.9 Å². The van der Waals surface area contributed by atoms with Gasteiger partial charge in [-0.3, -0.25) is 29.0 Å². The monoisotopic (exact) mass is 594 g/mol. The Morgan fingerprint density at radius 2 is 1.53 bits per heavy atom. The summed E-state index contributed by atoms with van der Waals surface area (Å²) >= 11 is 0. The Labute approximate surface area is 250 Å². The van der Waals surface area contributed by atoms with Crippen LogP contribution in [0.15, 0.2) is 58.4 Å². The van der Waals surface area contributed by atoms with Gasteiger partial charge in [0.1, 0.15) is 23.7 Å². The fourth-order valence-corrected chi connectivity index (χ4v) is 5.21. The number of aromatic nitrogens is 1. The summed E-state index contributed by atoms with van der Waals surface area (Å²) in [5.74, 6) is -2.51. The van der Waals surface area contributed by atoms with Gasteiger partial charge in [0.25, 0.3) is 11.5 Å². The molecule has 1 aromatic heterocycles. The molecule has 0 aliphatic heterocycles. The number of rotatable bonds is 15. The molecule has 43 heavy (non-hydrogen) atoms. The van der Waals surface area contributed by atoms with Gasteiger partial charge in [0.2, 0.25) is 17.7 Å². The number of hydrogen-bond acceptors (Lipinski definition) is 6. The molecule has 3 atom stereocenters. The lowest BCUT2D eigenvalue weighted by atomic mass is 9.84. The van der Waals surface area contributed by atoms with Crippen LogP contribution in [0.3, 0.4) is 0 Å². The zero-order chi connectivity index (χ0) is 31.2. The van der Waals surface area contributed by atoms with Gasteiger partial charge in [0, 0.05) is 19.2 Å². The van der Waals surface area contributed by atoms with E-state index in [4.69, 9.17) is 17.2 Å². The molecule has 10 N–H and O–H groups in total. The number of nitrogens with two attached hydrogens (primary N) is 3. The molecule has 4 amide bonds. The third-order valence-corrected chi connectivity index (χ3v) is 7.50. The van der Waals surface area contributed by atoms with Crippen LogP contribution >= 0.6 is 0 Å². The van der Waals surface area contributed by atoms with Gasteiger partial charge in [0.05, 0.1) is 0 Å². The van der Waals surface area contributed by atoms with Gasteiger partial charge in [0.15, 0.2) is 5.96 Å².